The maximum Gasteiger partial charge on any atom is 0.328 e. The highest BCUT2D eigenvalue weighted by Gasteiger charge is 2.06. The molecule has 150 valence electrons. The van der Waals surface area contributed by atoms with Gasteiger partial charge in [-0.15, -0.1) is 0 Å². The van der Waals surface area contributed by atoms with Gasteiger partial charge < -0.3 is 9.47 Å². The van der Waals surface area contributed by atoms with Crippen molar-refractivity contribution in [1.29, 1.82) is 0 Å². The lowest BCUT2D eigenvalue weighted by molar-refractivity contribution is 0.134. The number of ether oxygens (including phenoxy) is 2. The van der Waals surface area contributed by atoms with E-state index in [4.69, 9.17) is 9.47 Å². The molecular weight excluding hydrogens is 368 g/mol. The van der Waals surface area contributed by atoms with Crippen molar-refractivity contribution in [3.8, 4) is 0 Å². The van der Waals surface area contributed by atoms with Gasteiger partial charge in [-0.1, -0.05) is 60.7 Å². The van der Waals surface area contributed by atoms with Crippen LogP contribution in [0.15, 0.2) is 88.3 Å². The summed E-state index contributed by atoms with van der Waals surface area (Å²) in [5, 5.41) is 0. The minimum atomic E-state index is -0.461. The van der Waals surface area contributed by atoms with Gasteiger partial charge in [0.15, 0.2) is 0 Å². The quantitative estimate of drug-likeness (QED) is 0.568. The molecule has 0 aliphatic heterocycles. The van der Waals surface area contributed by atoms with Crippen molar-refractivity contribution >= 4 is 0 Å². The average Bonchev–Trinajstić information content (AvgIpc) is 2.73. The van der Waals surface area contributed by atoms with E-state index in [1.54, 1.807) is 19.4 Å². The number of aryl methyl sites for hydroxylation is 1. The van der Waals surface area contributed by atoms with E-state index in [2.05, 4.69) is 4.98 Å². The molecule has 0 unspecified atom stereocenters. The molecule has 6 nitrogen and oxygen atoms in total. The van der Waals surface area contributed by atoms with Crippen molar-refractivity contribution in [1.82, 2.24) is 9.55 Å². The van der Waals surface area contributed by atoms with E-state index in [0.717, 1.165) is 16.7 Å². The summed E-state index contributed by atoms with van der Waals surface area (Å²) in [7, 11) is 0. The van der Waals surface area contributed by atoms with Crippen LogP contribution in [0.25, 0.3) is 0 Å². The van der Waals surface area contributed by atoms with Gasteiger partial charge >= 0.3 is 5.69 Å². The number of benzene rings is 2. The molecule has 0 amide bonds. The Bertz CT molecular complexity index is 1050. The van der Waals surface area contributed by atoms with E-state index in [1.165, 1.54) is 4.57 Å². The van der Waals surface area contributed by atoms with Gasteiger partial charge in [-0.2, -0.15) is 0 Å². The molecule has 29 heavy (non-hydrogen) atoms. The molecule has 0 aliphatic carbocycles. The summed E-state index contributed by atoms with van der Waals surface area (Å²) in [5.41, 5.74) is 2.53. The molecule has 1 aromatic heterocycles. The Labute approximate surface area is 169 Å². The lowest BCUT2D eigenvalue weighted by atomic mass is 10.2. The normalized spacial score (nSPS) is 11.4. The molecule has 0 fully saturated rings. The van der Waals surface area contributed by atoms with Crippen LogP contribution in [0, 0.1) is 6.92 Å². The van der Waals surface area contributed by atoms with Crippen LogP contribution >= 0.6 is 0 Å². The minimum absolute atomic E-state index is 0.264. The Hall–Kier alpha value is -3.38. The Balaban J connectivity index is 1.69. The number of hydrogen-bond donors (Lipinski definition) is 1. The molecule has 6 heteroatoms. The summed E-state index contributed by atoms with van der Waals surface area (Å²) < 4.78 is 13.0. The molecule has 1 N–H and O–H groups in total. The number of nitrogens with zero attached hydrogens (tertiary/aromatic N) is 1. The molecule has 0 radical (unpaired) electrons. The van der Waals surface area contributed by atoms with Crippen LogP contribution in [0.4, 0.5) is 0 Å². The number of aromatic nitrogens is 2. The zero-order valence-corrected chi connectivity index (χ0v) is 16.3. The highest BCUT2D eigenvalue weighted by Crippen LogP contribution is 2.07. The van der Waals surface area contributed by atoms with Crippen LogP contribution < -0.4 is 11.2 Å². The van der Waals surface area contributed by atoms with E-state index in [1.807, 2.05) is 60.7 Å². The summed E-state index contributed by atoms with van der Waals surface area (Å²) in [6.07, 6.45) is 3.17. The number of rotatable bonds is 9. The standard InChI is InChI=1S/C23H24N2O4/c1-18-12-25(23(27)24-22(18)26)13-21(16-28-14-19-8-4-2-5-9-19)17-29-15-20-10-6-3-7-11-20/h2-12,16H,13-15,17H2,1H3,(H,24,26,27)/b21-16+. The summed E-state index contributed by atoms with van der Waals surface area (Å²) in [6, 6.07) is 19.7. The first-order valence-corrected chi connectivity index (χ1v) is 9.37. The number of nitrogens with one attached hydrogen (secondary N) is 1. The first kappa shape index (κ1) is 20.4. The topological polar surface area (TPSA) is 73.3 Å². The Morgan fingerprint density at radius 1 is 0.966 bits per heavy atom. The van der Waals surface area contributed by atoms with Crippen molar-refractivity contribution in [3.05, 3.63) is 116 Å². The van der Waals surface area contributed by atoms with Gasteiger partial charge in [0, 0.05) is 17.3 Å². The van der Waals surface area contributed by atoms with Crippen molar-refractivity contribution in [2.75, 3.05) is 6.61 Å². The first-order chi connectivity index (χ1) is 14.1. The van der Waals surface area contributed by atoms with Gasteiger partial charge in [-0.3, -0.25) is 14.3 Å². The highest BCUT2D eigenvalue weighted by molar-refractivity contribution is 5.15. The van der Waals surface area contributed by atoms with E-state index in [9.17, 15) is 9.59 Å². The molecule has 0 atom stereocenters. The molecular formula is C23H24N2O4. The third kappa shape index (κ3) is 6.33. The number of H-pyrrole nitrogens is 1. The van der Waals surface area contributed by atoms with Crippen LogP contribution in [-0.4, -0.2) is 16.2 Å². The number of aromatic amines is 1. The fourth-order valence-electron chi connectivity index (χ4n) is 2.78. The summed E-state index contributed by atoms with van der Waals surface area (Å²) in [5.74, 6) is 0. The van der Waals surface area contributed by atoms with Crippen molar-refractivity contribution in [2.24, 2.45) is 0 Å². The Kier molecular flexibility index (Phi) is 7.19. The molecule has 3 rings (SSSR count). The highest BCUT2D eigenvalue weighted by atomic mass is 16.5. The largest absolute Gasteiger partial charge is 0.496 e. The predicted molar refractivity (Wildman–Crippen MR) is 111 cm³/mol. The van der Waals surface area contributed by atoms with Crippen molar-refractivity contribution in [3.63, 3.8) is 0 Å². The summed E-state index contributed by atoms with van der Waals surface area (Å²) in [6.45, 7) is 3.10. The second-order valence-electron chi connectivity index (χ2n) is 6.75. The third-order valence-electron chi connectivity index (χ3n) is 4.30. The molecule has 0 saturated carbocycles. The van der Waals surface area contributed by atoms with Crippen LogP contribution in [0.3, 0.4) is 0 Å². The molecule has 0 spiro atoms. The first-order valence-electron chi connectivity index (χ1n) is 9.37. The van der Waals surface area contributed by atoms with E-state index >= 15 is 0 Å². The van der Waals surface area contributed by atoms with Gasteiger partial charge in [0.2, 0.25) is 0 Å². The van der Waals surface area contributed by atoms with Gasteiger partial charge in [0.25, 0.3) is 5.56 Å². The molecule has 3 aromatic rings. The lowest BCUT2D eigenvalue weighted by Gasteiger charge is -2.12. The van der Waals surface area contributed by atoms with Crippen molar-refractivity contribution < 1.29 is 9.47 Å². The van der Waals surface area contributed by atoms with Crippen LogP contribution in [0.2, 0.25) is 0 Å². The maximum absolute atomic E-state index is 12.1. The molecule has 0 aliphatic rings. The SMILES string of the molecule is Cc1cn(C/C(=C\OCc2ccccc2)COCc2ccccc2)c(=O)[nH]c1=O. The number of hydrogen-bond acceptors (Lipinski definition) is 4. The van der Waals surface area contributed by atoms with Crippen LogP contribution in [0.5, 0.6) is 0 Å². The van der Waals surface area contributed by atoms with Gasteiger partial charge in [0.1, 0.15) is 6.61 Å². The third-order valence-corrected chi connectivity index (χ3v) is 4.30. The zero-order chi connectivity index (χ0) is 20.5. The monoisotopic (exact) mass is 392 g/mol. The Morgan fingerprint density at radius 3 is 2.24 bits per heavy atom. The van der Waals surface area contributed by atoms with Crippen LogP contribution in [-0.2, 0) is 29.2 Å². The minimum Gasteiger partial charge on any atom is -0.496 e. The predicted octanol–water partition coefficient (Wildman–Crippen LogP) is 3.16. The second-order valence-corrected chi connectivity index (χ2v) is 6.75. The fraction of sp³-hybridized carbons (Fsp3) is 0.217. The Morgan fingerprint density at radius 2 is 1.59 bits per heavy atom. The molecule has 2 aromatic carbocycles. The van der Waals surface area contributed by atoms with E-state index in [-0.39, 0.29) is 12.1 Å². The van der Waals surface area contributed by atoms with E-state index in [0.29, 0.717) is 25.4 Å². The summed E-state index contributed by atoms with van der Waals surface area (Å²) in [4.78, 5) is 26.0. The van der Waals surface area contributed by atoms with Gasteiger partial charge in [-0.05, 0) is 18.1 Å². The molecule has 0 saturated heterocycles. The second kappa shape index (κ2) is 10.2. The van der Waals surface area contributed by atoms with Gasteiger partial charge in [-0.25, -0.2) is 4.79 Å². The molecule has 1 heterocycles. The molecule has 0 bridgehead atoms. The smallest absolute Gasteiger partial charge is 0.328 e. The van der Waals surface area contributed by atoms with E-state index < -0.39 is 5.69 Å². The lowest BCUT2D eigenvalue weighted by Crippen LogP contribution is -2.31. The van der Waals surface area contributed by atoms with Gasteiger partial charge in [0.05, 0.1) is 26.0 Å². The maximum atomic E-state index is 12.1. The van der Waals surface area contributed by atoms with Crippen LogP contribution in [0.1, 0.15) is 16.7 Å². The average molecular weight is 392 g/mol. The zero-order valence-electron chi connectivity index (χ0n) is 16.3. The van der Waals surface area contributed by atoms with Crippen molar-refractivity contribution in [2.45, 2.75) is 26.7 Å². The fourth-order valence-corrected chi connectivity index (χ4v) is 2.78. The summed E-state index contributed by atoms with van der Waals surface area (Å²) >= 11 is 0.